The summed E-state index contributed by atoms with van der Waals surface area (Å²) in [6, 6.07) is 5.54. The van der Waals surface area contributed by atoms with Gasteiger partial charge in [-0.15, -0.1) is 0 Å². The molecule has 3 aliphatic carbocycles. The van der Waals surface area contributed by atoms with Crippen LogP contribution in [-0.2, 0) is 4.79 Å². The van der Waals surface area contributed by atoms with Gasteiger partial charge in [0.2, 0.25) is 5.91 Å². The number of amides is 1. The molecule has 21 heavy (non-hydrogen) atoms. The van der Waals surface area contributed by atoms with Crippen molar-refractivity contribution in [1.29, 1.82) is 0 Å². The Morgan fingerprint density at radius 1 is 1.38 bits per heavy atom. The summed E-state index contributed by atoms with van der Waals surface area (Å²) in [6.07, 6.45) is 3.60. The van der Waals surface area contributed by atoms with Gasteiger partial charge >= 0.3 is 0 Å². The zero-order valence-corrected chi connectivity index (χ0v) is 16.6. The lowest BCUT2D eigenvalue weighted by molar-refractivity contribution is -0.155. The minimum atomic E-state index is -0.385. The molecule has 0 spiro atoms. The van der Waals surface area contributed by atoms with Gasteiger partial charge in [0.15, 0.2) is 0 Å². The molecular weight excluding hydrogens is 464 g/mol. The Morgan fingerprint density at radius 2 is 2.10 bits per heavy atom. The first kappa shape index (κ1) is 15.9. The summed E-state index contributed by atoms with van der Waals surface area (Å²) < 4.78 is 0.190. The number of fused-ring (bicyclic) bond motifs is 1. The molecule has 1 amide bonds. The van der Waals surface area contributed by atoms with Crippen LogP contribution in [0.1, 0.15) is 26.7 Å². The van der Waals surface area contributed by atoms with E-state index in [0.717, 1.165) is 12.8 Å². The summed E-state index contributed by atoms with van der Waals surface area (Å²) in [5, 5.41) is 2.99. The molecule has 3 atom stereocenters. The number of halogens is 3. The first-order chi connectivity index (χ1) is 9.80. The van der Waals surface area contributed by atoms with E-state index < -0.39 is 0 Å². The number of aromatic nitrogens is 1. The smallest absolute Gasteiger partial charge is 0.233 e. The highest BCUT2D eigenvalue weighted by Crippen LogP contribution is 2.82. The average Bonchev–Trinajstić information content (AvgIpc) is 2.89. The fourth-order valence-corrected chi connectivity index (χ4v) is 9.28. The third-order valence-electron chi connectivity index (χ3n) is 5.80. The van der Waals surface area contributed by atoms with Crippen molar-refractivity contribution in [2.75, 3.05) is 5.32 Å². The van der Waals surface area contributed by atoms with Crippen molar-refractivity contribution in [2.24, 2.45) is 16.2 Å². The van der Waals surface area contributed by atoms with Crippen molar-refractivity contribution in [3.8, 4) is 0 Å². The third kappa shape index (κ3) is 1.75. The Balaban J connectivity index is 1.91. The Hall–Kier alpha value is 0.0600. The maximum atomic E-state index is 13.0. The summed E-state index contributed by atoms with van der Waals surface area (Å²) in [5.74, 6) is 0.688. The summed E-state index contributed by atoms with van der Waals surface area (Å²) >= 11 is 11.2. The van der Waals surface area contributed by atoms with Gasteiger partial charge in [-0.25, -0.2) is 4.98 Å². The molecule has 2 bridgehead atoms. The van der Waals surface area contributed by atoms with E-state index in [1.807, 2.05) is 18.2 Å². The van der Waals surface area contributed by atoms with Crippen LogP contribution in [-0.4, -0.2) is 19.5 Å². The molecule has 3 saturated carbocycles. The number of hydrogen-bond donors (Lipinski definition) is 1. The number of rotatable bonds is 3. The number of pyridine rings is 1. The zero-order valence-electron chi connectivity index (χ0n) is 11.9. The highest BCUT2D eigenvalue weighted by molar-refractivity contribution is 9.24. The van der Waals surface area contributed by atoms with Gasteiger partial charge in [-0.1, -0.05) is 67.7 Å². The second kappa shape index (κ2) is 5.03. The van der Waals surface area contributed by atoms with Crippen molar-refractivity contribution >= 4 is 59.5 Å². The van der Waals surface area contributed by atoms with Gasteiger partial charge in [-0.2, -0.15) is 0 Å². The maximum absolute atomic E-state index is 13.0. The lowest BCUT2D eigenvalue weighted by atomic mass is 9.43. The van der Waals surface area contributed by atoms with Crippen molar-refractivity contribution < 1.29 is 4.79 Å². The van der Waals surface area contributed by atoms with E-state index in [9.17, 15) is 4.79 Å². The van der Waals surface area contributed by atoms with E-state index in [4.69, 9.17) is 0 Å². The Bertz CT molecular complexity index is 578. The second-order valence-corrected chi connectivity index (χ2v) is 10.4. The molecule has 1 aromatic heterocycles. The zero-order chi connectivity index (χ0) is 15.5. The second-order valence-electron chi connectivity index (χ2n) is 6.47. The summed E-state index contributed by atoms with van der Waals surface area (Å²) in [6.45, 7) is 4.40. The van der Waals surface area contributed by atoms with Gasteiger partial charge in [-0.05, 0) is 30.4 Å². The number of anilines is 1. The van der Waals surface area contributed by atoms with E-state index in [-0.39, 0.29) is 30.7 Å². The van der Waals surface area contributed by atoms with Crippen LogP contribution >= 0.6 is 47.8 Å². The fraction of sp³-hybridized carbons (Fsp3) is 0.600. The number of alkyl halides is 3. The molecule has 1 heterocycles. The molecule has 3 fully saturated rings. The molecule has 0 radical (unpaired) electrons. The van der Waals surface area contributed by atoms with Crippen LogP contribution in [0.5, 0.6) is 0 Å². The Labute approximate surface area is 150 Å². The number of carbonyl (C=O) groups excluding carboxylic acids is 1. The normalized spacial score (nSPS) is 36.4. The number of hydrogen-bond acceptors (Lipinski definition) is 2. The van der Waals surface area contributed by atoms with Gasteiger partial charge in [0.25, 0.3) is 0 Å². The molecule has 0 aliphatic heterocycles. The van der Waals surface area contributed by atoms with Crippen LogP contribution in [0.2, 0.25) is 0 Å². The van der Waals surface area contributed by atoms with Crippen molar-refractivity contribution in [3.05, 3.63) is 24.4 Å². The fourth-order valence-electron chi connectivity index (χ4n) is 4.36. The highest BCUT2D eigenvalue weighted by atomic mass is 79.9. The quantitative estimate of drug-likeness (QED) is 0.637. The SMILES string of the molecule is CC1(C)[C@]2(C(Br)Br)CC[C@@]1(C(=O)Nc1ccccn1)[C@@H]2Br. The minimum Gasteiger partial charge on any atom is -0.310 e. The van der Waals surface area contributed by atoms with E-state index in [1.54, 1.807) is 6.20 Å². The highest BCUT2D eigenvalue weighted by Gasteiger charge is 2.83. The molecule has 1 N–H and O–H groups in total. The van der Waals surface area contributed by atoms with Crippen molar-refractivity contribution in [2.45, 2.75) is 35.3 Å². The van der Waals surface area contributed by atoms with Crippen LogP contribution in [0.15, 0.2) is 24.4 Å². The minimum absolute atomic E-state index is 0.0501. The predicted octanol–water partition coefficient (Wildman–Crippen LogP) is 4.71. The van der Waals surface area contributed by atoms with Gasteiger partial charge in [-0.3, -0.25) is 4.79 Å². The third-order valence-corrected chi connectivity index (χ3v) is 9.03. The first-order valence-corrected chi connectivity index (χ1v) is 9.70. The van der Waals surface area contributed by atoms with Crippen LogP contribution in [0.4, 0.5) is 5.82 Å². The van der Waals surface area contributed by atoms with E-state index >= 15 is 0 Å². The van der Waals surface area contributed by atoms with E-state index in [1.165, 1.54) is 0 Å². The van der Waals surface area contributed by atoms with Crippen LogP contribution in [0, 0.1) is 16.2 Å². The van der Waals surface area contributed by atoms with Gasteiger partial charge < -0.3 is 5.32 Å². The Kier molecular flexibility index (Phi) is 3.82. The molecule has 3 nitrogen and oxygen atoms in total. The van der Waals surface area contributed by atoms with E-state index in [0.29, 0.717) is 5.82 Å². The molecule has 0 aromatic carbocycles. The molecule has 1 aromatic rings. The number of nitrogens with zero attached hydrogens (tertiary/aromatic N) is 1. The van der Waals surface area contributed by atoms with Crippen molar-refractivity contribution in [3.63, 3.8) is 0 Å². The molecule has 114 valence electrons. The van der Waals surface area contributed by atoms with Gasteiger partial charge in [0, 0.05) is 16.4 Å². The molecule has 3 aliphatic rings. The topological polar surface area (TPSA) is 42.0 Å². The summed E-state index contributed by atoms with van der Waals surface area (Å²) in [4.78, 5) is 17.3. The lowest BCUT2D eigenvalue weighted by Crippen LogP contribution is -2.71. The Morgan fingerprint density at radius 3 is 2.57 bits per heavy atom. The maximum Gasteiger partial charge on any atom is 0.233 e. The number of nitrogens with one attached hydrogen (secondary N) is 1. The monoisotopic (exact) mass is 478 g/mol. The van der Waals surface area contributed by atoms with Crippen LogP contribution in [0.3, 0.4) is 0 Å². The summed E-state index contributed by atoms with van der Waals surface area (Å²) in [7, 11) is 0. The van der Waals surface area contributed by atoms with Gasteiger partial charge in [0.1, 0.15) is 5.82 Å². The lowest BCUT2D eigenvalue weighted by Gasteiger charge is -2.66. The molecule has 0 saturated heterocycles. The standard InChI is InChI=1S/C15H17Br3N2O/c1-13(2)14(11(17)18)6-7-15(13,10(14)16)12(21)20-9-5-3-4-8-19-9/h3-5,8,10-11H,6-7H2,1-2H3,(H,19,20,21)/t10-,14-,15+/m1/s1. The average molecular weight is 481 g/mol. The molecule has 4 rings (SSSR count). The van der Waals surface area contributed by atoms with Crippen LogP contribution < -0.4 is 5.32 Å². The number of carbonyl (C=O) groups is 1. The van der Waals surface area contributed by atoms with Crippen LogP contribution in [0.25, 0.3) is 0 Å². The van der Waals surface area contributed by atoms with E-state index in [2.05, 4.69) is 71.9 Å². The predicted molar refractivity (Wildman–Crippen MR) is 95.1 cm³/mol. The van der Waals surface area contributed by atoms with Crippen molar-refractivity contribution in [1.82, 2.24) is 4.98 Å². The molecular formula is C15H17Br3N2O. The molecule has 0 unspecified atom stereocenters. The largest absolute Gasteiger partial charge is 0.310 e. The molecule has 6 heteroatoms. The first-order valence-electron chi connectivity index (χ1n) is 6.95. The van der Waals surface area contributed by atoms with Gasteiger partial charge in [0.05, 0.1) is 9.15 Å². The summed E-state index contributed by atoms with van der Waals surface area (Å²) in [5.41, 5.74) is -0.427.